The summed E-state index contributed by atoms with van der Waals surface area (Å²) in [7, 11) is 0. The Bertz CT molecular complexity index is 1090. The van der Waals surface area contributed by atoms with Crippen molar-refractivity contribution in [2.45, 2.75) is 38.0 Å². The Labute approximate surface area is 167 Å². The highest BCUT2D eigenvalue weighted by Crippen LogP contribution is 2.37. The molecule has 0 radical (unpaired) electrons. The minimum Gasteiger partial charge on any atom is -0.253 e. The van der Waals surface area contributed by atoms with Gasteiger partial charge in [0.2, 0.25) is 0 Å². The second-order valence-corrected chi connectivity index (χ2v) is 7.89. The summed E-state index contributed by atoms with van der Waals surface area (Å²) in [6.45, 7) is 0. The molecule has 5 rings (SSSR count). The Morgan fingerprint density at radius 1 is 0.607 bits per heavy atom. The SMILES string of the molecule is c1ccc(-c2cccc(-c3cc(C4CCCCC4)nc4ccccc34)c2)cc1. The van der Waals surface area contributed by atoms with Gasteiger partial charge in [0, 0.05) is 17.0 Å². The van der Waals surface area contributed by atoms with Gasteiger partial charge in [0.1, 0.15) is 0 Å². The van der Waals surface area contributed by atoms with Gasteiger partial charge >= 0.3 is 0 Å². The van der Waals surface area contributed by atoms with Crippen molar-refractivity contribution in [2.24, 2.45) is 0 Å². The molecule has 1 heterocycles. The van der Waals surface area contributed by atoms with Gasteiger partial charge in [0.05, 0.1) is 5.52 Å². The molecule has 3 aromatic carbocycles. The van der Waals surface area contributed by atoms with E-state index in [4.69, 9.17) is 4.98 Å². The van der Waals surface area contributed by atoms with Crippen LogP contribution in [0.25, 0.3) is 33.2 Å². The molecule has 0 unspecified atom stereocenters. The van der Waals surface area contributed by atoms with Crippen LogP contribution in [0.3, 0.4) is 0 Å². The first-order valence-corrected chi connectivity index (χ1v) is 10.4. The van der Waals surface area contributed by atoms with Crippen molar-refractivity contribution in [3.05, 3.63) is 90.6 Å². The van der Waals surface area contributed by atoms with E-state index in [0.29, 0.717) is 5.92 Å². The van der Waals surface area contributed by atoms with Crippen LogP contribution >= 0.6 is 0 Å². The lowest BCUT2D eigenvalue weighted by Crippen LogP contribution is -2.07. The molecule has 0 N–H and O–H groups in total. The van der Waals surface area contributed by atoms with Gasteiger partial charge in [0.15, 0.2) is 0 Å². The monoisotopic (exact) mass is 363 g/mol. The maximum atomic E-state index is 5.07. The molecule has 0 spiro atoms. The van der Waals surface area contributed by atoms with E-state index in [1.807, 2.05) is 0 Å². The number of hydrogen-bond donors (Lipinski definition) is 0. The van der Waals surface area contributed by atoms with Crippen molar-refractivity contribution in [1.29, 1.82) is 0 Å². The van der Waals surface area contributed by atoms with E-state index in [1.54, 1.807) is 0 Å². The second-order valence-electron chi connectivity index (χ2n) is 7.89. The molecular weight excluding hydrogens is 338 g/mol. The van der Waals surface area contributed by atoms with E-state index < -0.39 is 0 Å². The van der Waals surface area contributed by atoms with Gasteiger partial charge in [-0.2, -0.15) is 0 Å². The molecule has 1 fully saturated rings. The first-order chi connectivity index (χ1) is 13.9. The molecule has 0 atom stereocenters. The Morgan fingerprint density at radius 3 is 2.18 bits per heavy atom. The third-order valence-corrected chi connectivity index (χ3v) is 6.04. The highest BCUT2D eigenvalue weighted by molar-refractivity contribution is 5.95. The van der Waals surface area contributed by atoms with Crippen LogP contribution in [0.2, 0.25) is 0 Å². The zero-order valence-corrected chi connectivity index (χ0v) is 16.1. The molecule has 0 aliphatic heterocycles. The molecule has 1 aliphatic rings. The predicted octanol–water partition coefficient (Wildman–Crippen LogP) is 7.62. The van der Waals surface area contributed by atoms with Crippen molar-refractivity contribution in [2.75, 3.05) is 0 Å². The summed E-state index contributed by atoms with van der Waals surface area (Å²) in [5, 5.41) is 1.24. The molecular formula is C27H25N. The topological polar surface area (TPSA) is 12.9 Å². The van der Waals surface area contributed by atoms with Gasteiger partial charge in [0.25, 0.3) is 0 Å². The van der Waals surface area contributed by atoms with Crippen LogP contribution in [0.4, 0.5) is 0 Å². The van der Waals surface area contributed by atoms with Crippen LogP contribution < -0.4 is 0 Å². The normalized spacial score (nSPS) is 15.0. The number of benzene rings is 3. The molecule has 1 aromatic heterocycles. The van der Waals surface area contributed by atoms with E-state index in [2.05, 4.69) is 84.9 Å². The average Bonchev–Trinajstić information content (AvgIpc) is 2.79. The van der Waals surface area contributed by atoms with Crippen molar-refractivity contribution in [3.63, 3.8) is 0 Å². The largest absolute Gasteiger partial charge is 0.253 e. The number of rotatable bonds is 3. The van der Waals surface area contributed by atoms with Gasteiger partial charge in [-0.15, -0.1) is 0 Å². The van der Waals surface area contributed by atoms with Crippen molar-refractivity contribution in [1.82, 2.24) is 4.98 Å². The summed E-state index contributed by atoms with van der Waals surface area (Å²) in [6.07, 6.45) is 6.58. The summed E-state index contributed by atoms with van der Waals surface area (Å²) < 4.78 is 0. The molecule has 0 bridgehead atoms. The minimum atomic E-state index is 0.606. The lowest BCUT2D eigenvalue weighted by molar-refractivity contribution is 0.437. The molecule has 1 nitrogen and oxygen atoms in total. The van der Waals surface area contributed by atoms with Crippen LogP contribution in [0.1, 0.15) is 43.7 Å². The van der Waals surface area contributed by atoms with E-state index in [0.717, 1.165) is 5.52 Å². The van der Waals surface area contributed by atoms with Crippen LogP contribution in [-0.2, 0) is 0 Å². The summed E-state index contributed by atoms with van der Waals surface area (Å²) in [4.78, 5) is 5.07. The van der Waals surface area contributed by atoms with E-state index >= 15 is 0 Å². The summed E-state index contributed by atoms with van der Waals surface area (Å²) in [6, 6.07) is 30.5. The fourth-order valence-corrected chi connectivity index (χ4v) is 4.54. The molecule has 0 amide bonds. The summed E-state index contributed by atoms with van der Waals surface area (Å²) in [5.74, 6) is 0.606. The molecule has 4 aromatic rings. The average molecular weight is 364 g/mol. The fourth-order valence-electron chi connectivity index (χ4n) is 4.54. The maximum Gasteiger partial charge on any atom is 0.0711 e. The van der Waals surface area contributed by atoms with E-state index in [1.165, 1.54) is 65.4 Å². The van der Waals surface area contributed by atoms with Gasteiger partial charge in [-0.05, 0) is 53.3 Å². The Morgan fingerprint density at radius 2 is 1.32 bits per heavy atom. The number of para-hydroxylation sites is 1. The van der Waals surface area contributed by atoms with Crippen molar-refractivity contribution >= 4 is 10.9 Å². The molecule has 138 valence electrons. The highest BCUT2D eigenvalue weighted by Gasteiger charge is 2.19. The summed E-state index contributed by atoms with van der Waals surface area (Å²) in [5.41, 5.74) is 7.50. The number of nitrogens with zero attached hydrogens (tertiary/aromatic N) is 1. The van der Waals surface area contributed by atoms with Gasteiger partial charge in [-0.3, -0.25) is 4.98 Å². The van der Waals surface area contributed by atoms with Crippen LogP contribution in [0, 0.1) is 0 Å². The number of aromatic nitrogens is 1. The van der Waals surface area contributed by atoms with Crippen LogP contribution in [0.5, 0.6) is 0 Å². The molecule has 1 aliphatic carbocycles. The Hall–Kier alpha value is -2.93. The smallest absolute Gasteiger partial charge is 0.0711 e. The summed E-state index contributed by atoms with van der Waals surface area (Å²) >= 11 is 0. The van der Waals surface area contributed by atoms with E-state index in [-0.39, 0.29) is 0 Å². The number of hydrogen-bond acceptors (Lipinski definition) is 1. The zero-order valence-electron chi connectivity index (χ0n) is 16.1. The lowest BCUT2D eigenvalue weighted by atomic mass is 9.85. The molecule has 1 saturated carbocycles. The third-order valence-electron chi connectivity index (χ3n) is 6.04. The first kappa shape index (κ1) is 17.2. The minimum absolute atomic E-state index is 0.606. The zero-order chi connectivity index (χ0) is 18.8. The first-order valence-electron chi connectivity index (χ1n) is 10.4. The maximum absolute atomic E-state index is 5.07. The second kappa shape index (κ2) is 7.59. The van der Waals surface area contributed by atoms with Crippen LogP contribution in [-0.4, -0.2) is 4.98 Å². The van der Waals surface area contributed by atoms with Gasteiger partial charge in [-0.25, -0.2) is 0 Å². The van der Waals surface area contributed by atoms with Gasteiger partial charge in [-0.1, -0.05) is 86.0 Å². The molecule has 1 heteroatoms. The third kappa shape index (κ3) is 3.33. The highest BCUT2D eigenvalue weighted by atomic mass is 14.7. The predicted molar refractivity (Wildman–Crippen MR) is 118 cm³/mol. The Balaban J connectivity index is 1.65. The number of pyridine rings is 1. The Kier molecular flexibility index (Phi) is 4.66. The van der Waals surface area contributed by atoms with Gasteiger partial charge < -0.3 is 0 Å². The van der Waals surface area contributed by atoms with Crippen LogP contribution in [0.15, 0.2) is 84.9 Å². The van der Waals surface area contributed by atoms with Crippen molar-refractivity contribution in [3.8, 4) is 22.3 Å². The standard InChI is InChI=1S/C27H25N/c1-3-10-20(11-4-1)22-14-9-15-23(18-22)25-19-27(21-12-5-2-6-13-21)28-26-17-8-7-16-24(25)26/h1,3-4,7-11,14-19,21H,2,5-6,12-13H2. The van der Waals surface area contributed by atoms with E-state index in [9.17, 15) is 0 Å². The fraction of sp³-hybridized carbons (Fsp3) is 0.222. The lowest BCUT2D eigenvalue weighted by Gasteiger charge is -2.22. The molecule has 28 heavy (non-hydrogen) atoms. The molecule has 0 saturated heterocycles. The number of fused-ring (bicyclic) bond motifs is 1. The quantitative estimate of drug-likeness (QED) is 0.365. The van der Waals surface area contributed by atoms with Crippen molar-refractivity contribution < 1.29 is 0 Å².